The Hall–Kier alpha value is -0.750. The minimum atomic E-state index is -3.49. The van der Waals surface area contributed by atoms with Crippen LogP contribution in [0.4, 0.5) is 0 Å². The fourth-order valence-electron chi connectivity index (χ4n) is 1.80. The third-order valence-corrected chi connectivity index (χ3v) is 3.97. The Kier molecular flexibility index (Phi) is 6.13. The van der Waals surface area contributed by atoms with Crippen LogP contribution in [0.15, 0.2) is 12.4 Å². The number of ether oxygens (including phenoxy) is 1. The highest BCUT2D eigenvalue weighted by molar-refractivity contribution is 8.13. The second-order valence-electron chi connectivity index (χ2n) is 4.92. The summed E-state index contributed by atoms with van der Waals surface area (Å²) in [6, 6.07) is 0.270. The first kappa shape index (κ1) is 16.3. The SMILES string of the molecule is CCCC(COc1cnn(C(C)C)c1)CS(=O)(=O)Cl. The van der Waals surface area contributed by atoms with Gasteiger partial charge in [-0.05, 0) is 20.3 Å². The monoisotopic (exact) mass is 308 g/mol. The summed E-state index contributed by atoms with van der Waals surface area (Å²) in [7, 11) is 1.80. The van der Waals surface area contributed by atoms with Gasteiger partial charge in [-0.3, -0.25) is 4.68 Å². The van der Waals surface area contributed by atoms with Crippen molar-refractivity contribution in [3.63, 3.8) is 0 Å². The third-order valence-electron chi connectivity index (χ3n) is 2.72. The highest BCUT2D eigenvalue weighted by Crippen LogP contribution is 2.17. The van der Waals surface area contributed by atoms with E-state index in [-0.39, 0.29) is 17.7 Å². The number of hydrogen-bond acceptors (Lipinski definition) is 4. The number of halogens is 1. The Labute approximate surface area is 119 Å². The average molecular weight is 309 g/mol. The fraction of sp³-hybridized carbons (Fsp3) is 0.750. The van der Waals surface area contributed by atoms with Gasteiger partial charge in [0.1, 0.15) is 0 Å². The molecule has 1 aromatic rings. The molecule has 0 fully saturated rings. The van der Waals surface area contributed by atoms with Gasteiger partial charge in [-0.15, -0.1) is 0 Å². The highest BCUT2D eigenvalue weighted by Gasteiger charge is 2.17. The summed E-state index contributed by atoms with van der Waals surface area (Å²) in [6.45, 7) is 6.39. The van der Waals surface area contributed by atoms with Gasteiger partial charge in [0, 0.05) is 22.6 Å². The van der Waals surface area contributed by atoms with E-state index in [1.807, 2.05) is 27.0 Å². The van der Waals surface area contributed by atoms with Crippen LogP contribution in [-0.4, -0.2) is 30.6 Å². The van der Waals surface area contributed by atoms with Gasteiger partial charge >= 0.3 is 0 Å². The molecule has 1 heterocycles. The van der Waals surface area contributed by atoms with Gasteiger partial charge < -0.3 is 4.74 Å². The molecular weight excluding hydrogens is 288 g/mol. The minimum Gasteiger partial charge on any atom is -0.490 e. The van der Waals surface area contributed by atoms with Crippen molar-refractivity contribution >= 4 is 19.7 Å². The first-order valence-corrected chi connectivity index (χ1v) is 8.89. The first-order valence-electron chi connectivity index (χ1n) is 6.41. The van der Waals surface area contributed by atoms with Crippen molar-refractivity contribution < 1.29 is 13.2 Å². The molecule has 0 saturated carbocycles. The Morgan fingerprint density at radius 2 is 2.16 bits per heavy atom. The van der Waals surface area contributed by atoms with Gasteiger partial charge in [-0.2, -0.15) is 5.10 Å². The molecule has 0 spiro atoms. The van der Waals surface area contributed by atoms with E-state index in [0.717, 1.165) is 12.8 Å². The molecule has 1 atom stereocenters. The molecular formula is C12H21ClN2O3S. The van der Waals surface area contributed by atoms with Gasteiger partial charge in [-0.1, -0.05) is 13.3 Å². The molecule has 0 radical (unpaired) electrons. The van der Waals surface area contributed by atoms with E-state index in [2.05, 4.69) is 5.10 Å². The Morgan fingerprint density at radius 3 is 2.63 bits per heavy atom. The Balaban J connectivity index is 2.55. The standard InChI is InChI=1S/C12H21ClN2O3S/c1-4-5-11(9-19(13,16)17)8-18-12-6-14-15(7-12)10(2)3/h6-7,10-11H,4-5,8-9H2,1-3H3. The number of nitrogens with zero attached hydrogens (tertiary/aromatic N) is 2. The van der Waals surface area contributed by atoms with Crippen LogP contribution in [0.3, 0.4) is 0 Å². The average Bonchev–Trinajstić information content (AvgIpc) is 2.73. The third kappa shape index (κ3) is 6.29. The predicted octanol–water partition coefficient (Wildman–Crippen LogP) is 2.83. The van der Waals surface area contributed by atoms with Crippen molar-refractivity contribution in [3.05, 3.63) is 12.4 Å². The molecule has 1 aromatic heterocycles. The van der Waals surface area contributed by atoms with Gasteiger partial charge in [0.25, 0.3) is 0 Å². The second-order valence-corrected chi connectivity index (χ2v) is 7.74. The van der Waals surface area contributed by atoms with Crippen molar-refractivity contribution in [2.45, 2.75) is 39.7 Å². The molecule has 0 aliphatic rings. The number of aromatic nitrogens is 2. The van der Waals surface area contributed by atoms with E-state index in [4.69, 9.17) is 15.4 Å². The smallest absolute Gasteiger partial charge is 0.232 e. The van der Waals surface area contributed by atoms with Gasteiger partial charge in [0.2, 0.25) is 9.05 Å². The van der Waals surface area contributed by atoms with E-state index in [0.29, 0.717) is 12.4 Å². The van der Waals surface area contributed by atoms with Crippen molar-refractivity contribution in [1.29, 1.82) is 0 Å². The molecule has 0 saturated heterocycles. The van der Waals surface area contributed by atoms with Crippen LogP contribution in [0, 0.1) is 5.92 Å². The molecule has 5 nitrogen and oxygen atoms in total. The molecule has 19 heavy (non-hydrogen) atoms. The summed E-state index contributed by atoms with van der Waals surface area (Å²) in [6.07, 6.45) is 5.11. The molecule has 0 N–H and O–H groups in total. The number of rotatable bonds is 8. The summed E-state index contributed by atoms with van der Waals surface area (Å²) in [5, 5.41) is 4.16. The molecule has 1 unspecified atom stereocenters. The maximum Gasteiger partial charge on any atom is 0.232 e. The van der Waals surface area contributed by atoms with Crippen LogP contribution < -0.4 is 4.74 Å². The van der Waals surface area contributed by atoms with Crippen molar-refractivity contribution in [3.8, 4) is 5.75 Å². The summed E-state index contributed by atoms with van der Waals surface area (Å²) in [5.74, 6) is 0.512. The second kappa shape index (κ2) is 7.14. The lowest BCUT2D eigenvalue weighted by Gasteiger charge is -2.14. The molecule has 1 rings (SSSR count). The van der Waals surface area contributed by atoms with Crippen molar-refractivity contribution in [2.24, 2.45) is 5.92 Å². The van der Waals surface area contributed by atoms with Crippen molar-refractivity contribution in [2.75, 3.05) is 12.4 Å². The highest BCUT2D eigenvalue weighted by atomic mass is 35.7. The normalized spacial score (nSPS) is 13.7. The Bertz CT molecular complexity index is 485. The summed E-state index contributed by atoms with van der Waals surface area (Å²) in [4.78, 5) is 0. The van der Waals surface area contributed by atoms with E-state index in [9.17, 15) is 8.42 Å². The summed E-state index contributed by atoms with van der Waals surface area (Å²) >= 11 is 0. The molecule has 0 amide bonds. The minimum absolute atomic E-state index is 0.0548. The molecule has 7 heteroatoms. The van der Waals surface area contributed by atoms with Gasteiger partial charge in [0.15, 0.2) is 5.75 Å². The molecule has 110 valence electrons. The van der Waals surface area contributed by atoms with Crippen LogP contribution >= 0.6 is 10.7 Å². The zero-order chi connectivity index (χ0) is 14.5. The topological polar surface area (TPSA) is 61.2 Å². The van der Waals surface area contributed by atoms with E-state index in [1.165, 1.54) is 0 Å². The van der Waals surface area contributed by atoms with Crippen LogP contribution in [-0.2, 0) is 9.05 Å². The van der Waals surface area contributed by atoms with E-state index >= 15 is 0 Å². The predicted molar refractivity (Wildman–Crippen MR) is 76.1 cm³/mol. The molecule has 0 aliphatic heterocycles. The fourth-order valence-corrected chi connectivity index (χ4v) is 3.16. The summed E-state index contributed by atoms with van der Waals surface area (Å²) < 4.78 is 29.6. The largest absolute Gasteiger partial charge is 0.490 e. The number of hydrogen-bond donors (Lipinski definition) is 0. The molecule has 0 aromatic carbocycles. The maximum atomic E-state index is 11.1. The molecule has 0 aliphatic carbocycles. The van der Waals surface area contributed by atoms with Crippen molar-refractivity contribution in [1.82, 2.24) is 9.78 Å². The van der Waals surface area contributed by atoms with Gasteiger partial charge in [-0.25, -0.2) is 8.42 Å². The lowest BCUT2D eigenvalue weighted by Crippen LogP contribution is -2.19. The quantitative estimate of drug-likeness (QED) is 0.693. The van der Waals surface area contributed by atoms with E-state index < -0.39 is 9.05 Å². The van der Waals surface area contributed by atoms with Crippen LogP contribution in [0.2, 0.25) is 0 Å². The lowest BCUT2D eigenvalue weighted by molar-refractivity contribution is 0.252. The van der Waals surface area contributed by atoms with Crippen LogP contribution in [0.5, 0.6) is 5.75 Å². The Morgan fingerprint density at radius 1 is 1.47 bits per heavy atom. The van der Waals surface area contributed by atoms with Gasteiger partial charge in [0.05, 0.1) is 24.8 Å². The zero-order valence-electron chi connectivity index (χ0n) is 11.5. The lowest BCUT2D eigenvalue weighted by atomic mass is 10.1. The van der Waals surface area contributed by atoms with Crippen LogP contribution in [0.1, 0.15) is 39.7 Å². The molecule has 0 bridgehead atoms. The first-order chi connectivity index (χ1) is 8.81. The summed E-state index contributed by atoms with van der Waals surface area (Å²) in [5.41, 5.74) is 0. The van der Waals surface area contributed by atoms with E-state index in [1.54, 1.807) is 10.9 Å². The zero-order valence-corrected chi connectivity index (χ0v) is 13.1. The maximum absolute atomic E-state index is 11.1. The van der Waals surface area contributed by atoms with Crippen LogP contribution in [0.25, 0.3) is 0 Å².